The number of nitrogens with zero attached hydrogens (tertiary/aromatic N) is 2. The highest BCUT2D eigenvalue weighted by Gasteiger charge is 2.23. The Morgan fingerprint density at radius 1 is 0.886 bits per heavy atom. The molecule has 178 valence electrons. The molecule has 4 aromatic rings. The van der Waals surface area contributed by atoms with Gasteiger partial charge in [0.15, 0.2) is 0 Å². The van der Waals surface area contributed by atoms with Crippen LogP contribution in [0, 0.1) is 0 Å². The summed E-state index contributed by atoms with van der Waals surface area (Å²) in [5.41, 5.74) is 3.64. The van der Waals surface area contributed by atoms with Crippen molar-refractivity contribution in [3.63, 3.8) is 0 Å². The smallest absolute Gasteiger partial charge is 0.278 e. The first kappa shape index (κ1) is 23.9. The summed E-state index contributed by atoms with van der Waals surface area (Å²) in [6.45, 7) is 5.48. The van der Waals surface area contributed by atoms with E-state index in [1.165, 1.54) is 4.57 Å². The summed E-state index contributed by atoms with van der Waals surface area (Å²) in [7, 11) is 0. The van der Waals surface area contributed by atoms with Crippen LogP contribution in [0.3, 0.4) is 0 Å². The zero-order chi connectivity index (χ0) is 24.9. The molecule has 7 heteroatoms. The van der Waals surface area contributed by atoms with Crippen LogP contribution in [-0.4, -0.2) is 21.4 Å². The van der Waals surface area contributed by atoms with Crippen molar-refractivity contribution in [2.75, 3.05) is 10.6 Å². The van der Waals surface area contributed by atoms with Crippen LogP contribution in [0.5, 0.6) is 0 Å². The second-order valence-electron chi connectivity index (χ2n) is 8.25. The van der Waals surface area contributed by atoms with Crippen LogP contribution in [-0.2, 0) is 16.0 Å². The SMILES string of the molecule is CCC(=O)Nc1ccccc1-c1nc2ccccc2n([C@@H](C)C(=O)Nc2ccccc2CC)c1=O. The zero-order valence-electron chi connectivity index (χ0n) is 20.0. The minimum atomic E-state index is -0.809. The second kappa shape index (κ2) is 10.3. The maximum atomic E-state index is 13.8. The van der Waals surface area contributed by atoms with Gasteiger partial charge >= 0.3 is 0 Å². The van der Waals surface area contributed by atoms with Gasteiger partial charge < -0.3 is 10.6 Å². The summed E-state index contributed by atoms with van der Waals surface area (Å²) in [6, 6.07) is 21.1. The largest absolute Gasteiger partial charge is 0.325 e. The number of aromatic nitrogens is 2. The molecule has 3 aromatic carbocycles. The summed E-state index contributed by atoms with van der Waals surface area (Å²) >= 11 is 0. The van der Waals surface area contributed by atoms with Gasteiger partial charge in [0.25, 0.3) is 5.56 Å². The molecule has 4 rings (SSSR count). The van der Waals surface area contributed by atoms with Crippen LogP contribution in [0.15, 0.2) is 77.6 Å². The molecule has 0 aliphatic rings. The number of carbonyl (C=O) groups excluding carboxylic acids is 2. The predicted octanol–water partition coefficient (Wildman–Crippen LogP) is 5.17. The number of fused-ring (bicyclic) bond motifs is 1. The average molecular weight is 469 g/mol. The molecule has 0 aliphatic carbocycles. The summed E-state index contributed by atoms with van der Waals surface area (Å²) in [5, 5.41) is 5.82. The molecule has 0 spiro atoms. The van der Waals surface area contributed by atoms with Crippen molar-refractivity contribution in [3.8, 4) is 11.3 Å². The lowest BCUT2D eigenvalue weighted by Crippen LogP contribution is -2.33. The van der Waals surface area contributed by atoms with E-state index in [2.05, 4.69) is 15.6 Å². The molecule has 0 saturated heterocycles. The first-order valence-corrected chi connectivity index (χ1v) is 11.7. The number of hydrogen-bond donors (Lipinski definition) is 2. The van der Waals surface area contributed by atoms with Gasteiger partial charge in [0.2, 0.25) is 11.8 Å². The van der Waals surface area contributed by atoms with Crippen LogP contribution in [0.4, 0.5) is 11.4 Å². The molecule has 0 aliphatic heterocycles. The lowest BCUT2D eigenvalue weighted by Gasteiger charge is -2.20. The van der Waals surface area contributed by atoms with E-state index < -0.39 is 11.6 Å². The molecule has 1 heterocycles. The number of hydrogen-bond acceptors (Lipinski definition) is 4. The van der Waals surface area contributed by atoms with Gasteiger partial charge in [-0.2, -0.15) is 0 Å². The van der Waals surface area contributed by atoms with Crippen molar-refractivity contribution in [1.82, 2.24) is 9.55 Å². The number of aryl methyl sites for hydroxylation is 1. The first-order chi connectivity index (χ1) is 16.9. The van der Waals surface area contributed by atoms with E-state index in [9.17, 15) is 14.4 Å². The van der Waals surface area contributed by atoms with Crippen LogP contribution in [0.1, 0.15) is 38.8 Å². The molecule has 0 saturated carbocycles. The van der Waals surface area contributed by atoms with Crippen molar-refractivity contribution in [2.45, 2.75) is 39.7 Å². The summed E-state index contributed by atoms with van der Waals surface area (Å²) in [6.07, 6.45) is 1.08. The molecule has 7 nitrogen and oxygen atoms in total. The number of carbonyl (C=O) groups is 2. The Labute approximate surface area is 203 Å². The molecule has 2 N–H and O–H groups in total. The van der Waals surface area contributed by atoms with E-state index in [-0.39, 0.29) is 17.5 Å². The topological polar surface area (TPSA) is 93.1 Å². The monoisotopic (exact) mass is 468 g/mol. The Morgan fingerprint density at radius 2 is 1.54 bits per heavy atom. The summed E-state index contributed by atoms with van der Waals surface area (Å²) in [4.78, 5) is 43.9. The van der Waals surface area contributed by atoms with Crippen molar-refractivity contribution >= 4 is 34.2 Å². The Bertz CT molecular complexity index is 1460. The van der Waals surface area contributed by atoms with E-state index in [0.29, 0.717) is 28.7 Å². The van der Waals surface area contributed by atoms with Crippen LogP contribution < -0.4 is 16.2 Å². The Morgan fingerprint density at radius 3 is 2.29 bits per heavy atom. The second-order valence-corrected chi connectivity index (χ2v) is 8.25. The molecule has 2 amide bonds. The third-order valence-corrected chi connectivity index (χ3v) is 6.00. The lowest BCUT2D eigenvalue weighted by molar-refractivity contribution is -0.119. The Balaban J connectivity index is 1.84. The zero-order valence-corrected chi connectivity index (χ0v) is 20.0. The highest BCUT2D eigenvalue weighted by Crippen LogP contribution is 2.27. The van der Waals surface area contributed by atoms with Crippen molar-refractivity contribution < 1.29 is 9.59 Å². The normalized spacial score (nSPS) is 11.7. The van der Waals surface area contributed by atoms with E-state index in [0.717, 1.165) is 17.7 Å². The fourth-order valence-electron chi connectivity index (χ4n) is 4.06. The van der Waals surface area contributed by atoms with E-state index in [1.807, 2.05) is 43.3 Å². The molecule has 35 heavy (non-hydrogen) atoms. The molecule has 0 fully saturated rings. The first-order valence-electron chi connectivity index (χ1n) is 11.7. The van der Waals surface area contributed by atoms with Gasteiger partial charge in [0.1, 0.15) is 11.7 Å². The summed E-state index contributed by atoms with van der Waals surface area (Å²) < 4.78 is 1.47. The molecular formula is C28H28N4O3. The number of rotatable bonds is 7. The van der Waals surface area contributed by atoms with Crippen LogP contribution in [0.2, 0.25) is 0 Å². The van der Waals surface area contributed by atoms with Crippen molar-refractivity contribution in [1.29, 1.82) is 0 Å². The van der Waals surface area contributed by atoms with Crippen molar-refractivity contribution in [2.24, 2.45) is 0 Å². The number of benzene rings is 3. The van der Waals surface area contributed by atoms with Gasteiger partial charge in [-0.25, -0.2) is 4.98 Å². The summed E-state index contributed by atoms with van der Waals surface area (Å²) in [5.74, 6) is -0.469. The van der Waals surface area contributed by atoms with E-state index in [1.54, 1.807) is 50.2 Å². The van der Waals surface area contributed by atoms with Crippen LogP contribution in [0.25, 0.3) is 22.3 Å². The number of nitrogens with one attached hydrogen (secondary N) is 2. The van der Waals surface area contributed by atoms with E-state index in [4.69, 9.17) is 0 Å². The lowest BCUT2D eigenvalue weighted by atomic mass is 10.1. The van der Waals surface area contributed by atoms with Gasteiger partial charge in [-0.1, -0.05) is 62.4 Å². The molecular weight excluding hydrogens is 440 g/mol. The molecule has 1 atom stereocenters. The highest BCUT2D eigenvalue weighted by molar-refractivity contribution is 5.97. The third-order valence-electron chi connectivity index (χ3n) is 6.00. The number of para-hydroxylation sites is 4. The molecule has 0 unspecified atom stereocenters. The predicted molar refractivity (Wildman–Crippen MR) is 140 cm³/mol. The number of amides is 2. The van der Waals surface area contributed by atoms with Gasteiger partial charge in [0.05, 0.1) is 16.7 Å². The standard InChI is InChI=1S/C28H28N4O3/c1-4-19-12-6-8-14-21(19)31-27(34)18(3)32-24-17-11-10-16-23(24)30-26(28(32)35)20-13-7-9-15-22(20)29-25(33)5-2/h6-18H,4-5H2,1-3H3,(H,29,33)(H,31,34)/t18-/m0/s1. The quantitative estimate of drug-likeness (QED) is 0.391. The Hall–Kier alpha value is -4.26. The maximum Gasteiger partial charge on any atom is 0.278 e. The molecule has 0 bridgehead atoms. The average Bonchev–Trinajstić information content (AvgIpc) is 2.88. The van der Waals surface area contributed by atoms with Gasteiger partial charge in [-0.3, -0.25) is 19.0 Å². The molecule has 0 radical (unpaired) electrons. The van der Waals surface area contributed by atoms with E-state index >= 15 is 0 Å². The highest BCUT2D eigenvalue weighted by atomic mass is 16.2. The van der Waals surface area contributed by atoms with Crippen LogP contribution >= 0.6 is 0 Å². The Kier molecular flexibility index (Phi) is 7.06. The fourth-order valence-corrected chi connectivity index (χ4v) is 4.06. The molecule has 1 aromatic heterocycles. The minimum absolute atomic E-state index is 0.166. The van der Waals surface area contributed by atoms with Gasteiger partial charge in [-0.05, 0) is 43.2 Å². The third kappa shape index (κ3) is 4.84. The van der Waals surface area contributed by atoms with Gasteiger partial charge in [0, 0.05) is 17.7 Å². The van der Waals surface area contributed by atoms with Gasteiger partial charge in [-0.15, -0.1) is 0 Å². The van der Waals surface area contributed by atoms with Crippen molar-refractivity contribution in [3.05, 3.63) is 88.7 Å². The minimum Gasteiger partial charge on any atom is -0.325 e. The number of anilines is 2. The fraction of sp³-hybridized carbons (Fsp3) is 0.214. The maximum absolute atomic E-state index is 13.8.